The molecule has 2 heterocycles. The summed E-state index contributed by atoms with van der Waals surface area (Å²) in [4.78, 5) is 19.9. The Bertz CT molecular complexity index is 774. The van der Waals surface area contributed by atoms with Gasteiger partial charge >= 0.3 is 0 Å². The van der Waals surface area contributed by atoms with Gasteiger partial charge in [-0.1, -0.05) is 0 Å². The monoisotopic (exact) mass is 329 g/mol. The first-order chi connectivity index (χ1) is 11.2. The maximum atomic E-state index is 12.9. The molecule has 0 saturated heterocycles. The van der Waals surface area contributed by atoms with E-state index in [-0.39, 0.29) is 18.3 Å². The van der Waals surface area contributed by atoms with E-state index in [0.717, 1.165) is 5.56 Å². The van der Waals surface area contributed by atoms with Crippen molar-refractivity contribution in [1.29, 1.82) is 0 Å². The van der Waals surface area contributed by atoms with Gasteiger partial charge in [-0.05, 0) is 36.4 Å². The van der Waals surface area contributed by atoms with Crippen molar-refractivity contribution < 1.29 is 13.9 Å². The van der Waals surface area contributed by atoms with E-state index in [1.165, 1.54) is 29.7 Å². The molecule has 1 aromatic carbocycles. The number of amides is 1. The highest BCUT2D eigenvalue weighted by Gasteiger charge is 2.06. The average molecular weight is 329 g/mol. The van der Waals surface area contributed by atoms with E-state index in [0.29, 0.717) is 16.6 Å². The molecule has 1 N–H and O–H groups in total. The number of anilines is 1. The Hall–Kier alpha value is -2.80. The first-order valence-electron chi connectivity index (χ1n) is 6.75. The zero-order chi connectivity index (χ0) is 16.1. The fraction of sp³-hybridized carbons (Fsp3) is 0.0625. The standard InChI is InChI=1S/C16H12FN3O2S/c17-12-3-1-11(2-4-12)14-6-5-13(9-19-14)22-10-15(21)20-16-18-7-8-23-16/h1-9H,10H2,(H,18,20,21). The molecule has 0 saturated carbocycles. The predicted octanol–water partition coefficient (Wildman–Crippen LogP) is 3.36. The molecule has 0 bridgehead atoms. The average Bonchev–Trinajstić information content (AvgIpc) is 3.07. The second-order valence-corrected chi connectivity index (χ2v) is 5.45. The van der Waals surface area contributed by atoms with E-state index in [1.54, 1.807) is 35.8 Å². The van der Waals surface area contributed by atoms with Crippen LogP contribution in [0.1, 0.15) is 0 Å². The smallest absolute Gasteiger partial charge is 0.264 e. The Morgan fingerprint density at radius 2 is 2.00 bits per heavy atom. The summed E-state index contributed by atoms with van der Waals surface area (Å²) < 4.78 is 18.3. The first-order valence-corrected chi connectivity index (χ1v) is 7.63. The highest BCUT2D eigenvalue weighted by Crippen LogP contribution is 2.19. The quantitative estimate of drug-likeness (QED) is 0.779. The van der Waals surface area contributed by atoms with E-state index in [2.05, 4.69) is 15.3 Å². The van der Waals surface area contributed by atoms with Crippen molar-refractivity contribution in [3.8, 4) is 17.0 Å². The van der Waals surface area contributed by atoms with Crippen molar-refractivity contribution in [2.45, 2.75) is 0 Å². The predicted molar refractivity (Wildman–Crippen MR) is 85.9 cm³/mol. The van der Waals surface area contributed by atoms with Crippen molar-refractivity contribution in [2.24, 2.45) is 0 Å². The summed E-state index contributed by atoms with van der Waals surface area (Å²) in [5.41, 5.74) is 1.50. The summed E-state index contributed by atoms with van der Waals surface area (Å²) in [6.07, 6.45) is 3.13. The van der Waals surface area contributed by atoms with Crippen molar-refractivity contribution >= 4 is 22.4 Å². The number of halogens is 1. The van der Waals surface area contributed by atoms with Crippen molar-refractivity contribution in [2.75, 3.05) is 11.9 Å². The minimum atomic E-state index is -0.292. The number of ether oxygens (including phenoxy) is 1. The van der Waals surface area contributed by atoms with Crippen molar-refractivity contribution in [3.05, 3.63) is 60.0 Å². The molecule has 3 aromatic rings. The maximum Gasteiger partial charge on any atom is 0.264 e. The molecule has 0 aliphatic carbocycles. The second kappa shape index (κ2) is 6.97. The van der Waals surface area contributed by atoms with E-state index in [1.807, 2.05) is 0 Å². The minimum absolute atomic E-state index is 0.128. The number of benzene rings is 1. The fourth-order valence-electron chi connectivity index (χ4n) is 1.85. The molecule has 0 spiro atoms. The second-order valence-electron chi connectivity index (χ2n) is 4.56. The SMILES string of the molecule is O=C(COc1ccc(-c2ccc(F)cc2)nc1)Nc1nccs1. The number of aromatic nitrogens is 2. The molecule has 23 heavy (non-hydrogen) atoms. The summed E-state index contributed by atoms with van der Waals surface area (Å²) in [6.45, 7) is -0.128. The van der Waals surface area contributed by atoms with Gasteiger partial charge in [-0.25, -0.2) is 9.37 Å². The van der Waals surface area contributed by atoms with Crippen LogP contribution in [0.15, 0.2) is 54.2 Å². The molecule has 1 amide bonds. The first kappa shape index (κ1) is 15.1. The lowest BCUT2D eigenvalue weighted by Gasteiger charge is -2.06. The van der Waals surface area contributed by atoms with Gasteiger partial charge in [-0.3, -0.25) is 15.1 Å². The summed E-state index contributed by atoms with van der Waals surface area (Å²) in [5.74, 6) is -0.104. The maximum absolute atomic E-state index is 12.9. The molecule has 0 unspecified atom stereocenters. The van der Waals surface area contributed by atoms with Crippen LogP contribution in [0.4, 0.5) is 9.52 Å². The van der Waals surface area contributed by atoms with Crippen LogP contribution in [0.3, 0.4) is 0 Å². The van der Waals surface area contributed by atoms with Gasteiger partial charge in [-0.15, -0.1) is 11.3 Å². The van der Waals surface area contributed by atoms with Crippen LogP contribution in [-0.2, 0) is 4.79 Å². The van der Waals surface area contributed by atoms with Crippen molar-refractivity contribution in [3.63, 3.8) is 0 Å². The molecule has 0 atom stereocenters. The molecule has 0 fully saturated rings. The Morgan fingerprint density at radius 3 is 2.65 bits per heavy atom. The summed E-state index contributed by atoms with van der Waals surface area (Å²) in [7, 11) is 0. The highest BCUT2D eigenvalue weighted by atomic mass is 32.1. The zero-order valence-corrected chi connectivity index (χ0v) is 12.7. The summed E-state index contributed by atoms with van der Waals surface area (Å²) in [5, 5.41) is 4.93. The number of pyridine rings is 1. The van der Waals surface area contributed by atoms with E-state index >= 15 is 0 Å². The third kappa shape index (κ3) is 4.10. The summed E-state index contributed by atoms with van der Waals surface area (Å²) >= 11 is 1.34. The highest BCUT2D eigenvalue weighted by molar-refractivity contribution is 7.13. The van der Waals surface area contributed by atoms with Gasteiger partial charge in [0.15, 0.2) is 11.7 Å². The molecule has 0 radical (unpaired) electrons. The van der Waals surface area contributed by atoms with E-state index < -0.39 is 0 Å². The number of hydrogen-bond acceptors (Lipinski definition) is 5. The Balaban J connectivity index is 1.57. The number of thiazole rings is 1. The number of hydrogen-bond donors (Lipinski definition) is 1. The molecule has 2 aromatic heterocycles. The molecule has 116 valence electrons. The van der Waals surface area contributed by atoms with Gasteiger partial charge in [-0.2, -0.15) is 0 Å². The van der Waals surface area contributed by atoms with Crippen LogP contribution in [0.25, 0.3) is 11.3 Å². The number of nitrogens with zero attached hydrogens (tertiary/aromatic N) is 2. The van der Waals surface area contributed by atoms with Crippen LogP contribution in [0, 0.1) is 5.82 Å². The van der Waals surface area contributed by atoms with Crippen molar-refractivity contribution in [1.82, 2.24) is 9.97 Å². The third-order valence-electron chi connectivity index (χ3n) is 2.92. The van der Waals surface area contributed by atoms with Gasteiger partial charge in [0.05, 0.1) is 11.9 Å². The summed E-state index contributed by atoms with van der Waals surface area (Å²) in [6, 6.07) is 9.53. The third-order valence-corrected chi connectivity index (χ3v) is 3.61. The Morgan fingerprint density at radius 1 is 1.17 bits per heavy atom. The van der Waals surface area contributed by atoms with Crippen LogP contribution >= 0.6 is 11.3 Å². The molecule has 0 aliphatic heterocycles. The lowest BCUT2D eigenvalue weighted by Crippen LogP contribution is -2.20. The van der Waals surface area contributed by atoms with Crippen LogP contribution in [-0.4, -0.2) is 22.5 Å². The number of carbonyl (C=O) groups excluding carboxylic acids is 1. The molecule has 3 rings (SSSR count). The molecule has 7 heteroatoms. The number of carbonyl (C=O) groups is 1. The van der Waals surface area contributed by atoms with Gasteiger partial charge < -0.3 is 4.74 Å². The van der Waals surface area contributed by atoms with Gasteiger partial charge in [0, 0.05) is 17.1 Å². The largest absolute Gasteiger partial charge is 0.482 e. The van der Waals surface area contributed by atoms with Gasteiger partial charge in [0.25, 0.3) is 5.91 Å². The Labute approximate surface area is 135 Å². The Kier molecular flexibility index (Phi) is 4.58. The minimum Gasteiger partial charge on any atom is -0.482 e. The lowest BCUT2D eigenvalue weighted by molar-refractivity contribution is -0.118. The molecule has 5 nitrogen and oxygen atoms in total. The van der Waals surface area contributed by atoms with Crippen LogP contribution < -0.4 is 10.1 Å². The fourth-order valence-corrected chi connectivity index (χ4v) is 2.39. The molecular weight excluding hydrogens is 317 g/mol. The van der Waals surface area contributed by atoms with E-state index in [9.17, 15) is 9.18 Å². The molecule has 0 aliphatic rings. The van der Waals surface area contributed by atoms with Crippen LogP contribution in [0.2, 0.25) is 0 Å². The number of nitrogens with one attached hydrogen (secondary N) is 1. The van der Waals surface area contributed by atoms with Gasteiger partial charge in [0.1, 0.15) is 11.6 Å². The normalized spacial score (nSPS) is 10.3. The topological polar surface area (TPSA) is 64.1 Å². The zero-order valence-electron chi connectivity index (χ0n) is 11.9. The van der Waals surface area contributed by atoms with Crippen LogP contribution in [0.5, 0.6) is 5.75 Å². The number of rotatable bonds is 5. The lowest BCUT2D eigenvalue weighted by atomic mass is 10.1. The molecular formula is C16H12FN3O2S. The van der Waals surface area contributed by atoms with E-state index in [4.69, 9.17) is 4.74 Å². The van der Waals surface area contributed by atoms with Gasteiger partial charge in [0.2, 0.25) is 0 Å².